The van der Waals surface area contributed by atoms with E-state index in [9.17, 15) is 9.59 Å². The van der Waals surface area contributed by atoms with E-state index in [1.165, 1.54) is 12.8 Å². The number of carbonyl (C=O) groups excluding carboxylic acids is 2. The van der Waals surface area contributed by atoms with Crippen LogP contribution in [0.3, 0.4) is 0 Å². The quantitative estimate of drug-likeness (QED) is 0.675. The molecule has 6 heteroatoms. The molecular weight excluding hydrogens is 220 g/mol. The molecule has 0 aromatic heterocycles. The van der Waals surface area contributed by atoms with Crippen molar-refractivity contribution in [2.24, 2.45) is 5.10 Å². The number of hydrogen-bond donors (Lipinski definition) is 2. The third-order valence-corrected chi connectivity index (χ3v) is 3.09. The lowest BCUT2D eigenvalue weighted by molar-refractivity contribution is -0.121. The minimum Gasteiger partial charge on any atom is -0.350 e. The fraction of sp³-hybridized carbons (Fsp3) is 0.727. The Labute approximate surface area is 100 Å². The zero-order valence-corrected chi connectivity index (χ0v) is 10.0. The van der Waals surface area contributed by atoms with Gasteiger partial charge in [0.15, 0.2) is 0 Å². The van der Waals surface area contributed by atoms with Crippen molar-refractivity contribution in [1.29, 1.82) is 0 Å². The molecule has 1 saturated carbocycles. The van der Waals surface area contributed by atoms with E-state index in [2.05, 4.69) is 27.8 Å². The number of carbonyl (C=O) groups is 2. The fourth-order valence-electron chi connectivity index (χ4n) is 1.78. The first-order chi connectivity index (χ1) is 8.16. The first-order valence-electron chi connectivity index (χ1n) is 6.00. The SMILES string of the molecule is CN(CCNC(=O)C1=NNC(=O)CC1)C1CC1. The van der Waals surface area contributed by atoms with Crippen molar-refractivity contribution in [3.8, 4) is 0 Å². The topological polar surface area (TPSA) is 73.8 Å². The van der Waals surface area contributed by atoms with Crippen LogP contribution in [0.25, 0.3) is 0 Å². The molecule has 2 aliphatic rings. The standard InChI is InChI=1S/C11H18N4O2/c1-15(8-2-3-8)7-6-12-11(17)9-4-5-10(16)14-13-9/h8H,2-7H2,1H3,(H,12,17)(H,14,16). The molecule has 6 nitrogen and oxygen atoms in total. The highest BCUT2D eigenvalue weighted by molar-refractivity contribution is 6.39. The molecule has 0 unspecified atom stereocenters. The summed E-state index contributed by atoms with van der Waals surface area (Å²) in [6.45, 7) is 1.48. The van der Waals surface area contributed by atoms with Crippen molar-refractivity contribution < 1.29 is 9.59 Å². The molecule has 0 saturated heterocycles. The summed E-state index contributed by atoms with van der Waals surface area (Å²) < 4.78 is 0. The summed E-state index contributed by atoms with van der Waals surface area (Å²) in [6.07, 6.45) is 3.30. The van der Waals surface area contributed by atoms with Crippen LogP contribution in [0.5, 0.6) is 0 Å². The average Bonchev–Trinajstić information content (AvgIpc) is 3.13. The maximum absolute atomic E-state index is 11.7. The van der Waals surface area contributed by atoms with Crippen LogP contribution in [0.15, 0.2) is 5.10 Å². The fourth-order valence-corrected chi connectivity index (χ4v) is 1.78. The molecule has 2 N–H and O–H groups in total. The molecule has 2 amide bonds. The van der Waals surface area contributed by atoms with E-state index in [-0.39, 0.29) is 11.8 Å². The van der Waals surface area contributed by atoms with Gasteiger partial charge in [0.05, 0.1) is 0 Å². The number of rotatable bonds is 5. The van der Waals surface area contributed by atoms with Crippen LogP contribution in [0, 0.1) is 0 Å². The van der Waals surface area contributed by atoms with Gasteiger partial charge in [0.2, 0.25) is 5.91 Å². The maximum Gasteiger partial charge on any atom is 0.267 e. The van der Waals surface area contributed by atoms with E-state index < -0.39 is 0 Å². The summed E-state index contributed by atoms with van der Waals surface area (Å²) in [7, 11) is 2.07. The van der Waals surface area contributed by atoms with Gasteiger partial charge < -0.3 is 10.2 Å². The van der Waals surface area contributed by atoms with Gasteiger partial charge in [-0.05, 0) is 19.9 Å². The molecule has 1 aliphatic heterocycles. The highest BCUT2D eigenvalue weighted by Crippen LogP contribution is 2.24. The van der Waals surface area contributed by atoms with Crippen LogP contribution >= 0.6 is 0 Å². The zero-order valence-electron chi connectivity index (χ0n) is 10.0. The second-order valence-electron chi connectivity index (χ2n) is 4.56. The van der Waals surface area contributed by atoms with Crippen molar-refractivity contribution in [2.45, 2.75) is 31.7 Å². The maximum atomic E-state index is 11.7. The van der Waals surface area contributed by atoms with Crippen LogP contribution in [-0.2, 0) is 9.59 Å². The van der Waals surface area contributed by atoms with Crippen molar-refractivity contribution in [3.63, 3.8) is 0 Å². The van der Waals surface area contributed by atoms with E-state index in [1.54, 1.807) is 0 Å². The molecule has 1 heterocycles. The van der Waals surface area contributed by atoms with Crippen LogP contribution in [0.2, 0.25) is 0 Å². The Bertz CT molecular complexity index is 349. The van der Waals surface area contributed by atoms with Gasteiger partial charge in [-0.2, -0.15) is 5.10 Å². The molecule has 0 aromatic carbocycles. The number of hydrogen-bond acceptors (Lipinski definition) is 4. The first kappa shape index (κ1) is 12.0. The third kappa shape index (κ3) is 3.52. The number of nitrogens with zero attached hydrogens (tertiary/aromatic N) is 2. The lowest BCUT2D eigenvalue weighted by Crippen LogP contribution is -2.40. The van der Waals surface area contributed by atoms with Gasteiger partial charge >= 0.3 is 0 Å². The highest BCUT2D eigenvalue weighted by Gasteiger charge is 2.25. The summed E-state index contributed by atoms with van der Waals surface area (Å²) in [5, 5.41) is 6.57. The Morgan fingerprint density at radius 1 is 1.53 bits per heavy atom. The molecule has 0 atom stereocenters. The predicted molar refractivity (Wildman–Crippen MR) is 63.5 cm³/mol. The Balaban J connectivity index is 1.68. The summed E-state index contributed by atoms with van der Waals surface area (Å²) in [5.74, 6) is -0.302. The van der Waals surface area contributed by atoms with Gasteiger partial charge in [-0.3, -0.25) is 9.59 Å². The minimum atomic E-state index is -0.172. The lowest BCUT2D eigenvalue weighted by Gasteiger charge is -2.16. The smallest absolute Gasteiger partial charge is 0.267 e. The van der Waals surface area contributed by atoms with E-state index in [4.69, 9.17) is 0 Å². The molecule has 1 aliphatic carbocycles. The molecule has 2 rings (SSSR count). The summed E-state index contributed by atoms with van der Waals surface area (Å²) in [5.41, 5.74) is 2.73. The summed E-state index contributed by atoms with van der Waals surface area (Å²) in [4.78, 5) is 24.8. The number of amides is 2. The monoisotopic (exact) mass is 238 g/mol. The number of nitrogens with one attached hydrogen (secondary N) is 2. The third-order valence-electron chi connectivity index (χ3n) is 3.09. The van der Waals surface area contributed by atoms with Crippen molar-refractivity contribution >= 4 is 17.5 Å². The minimum absolute atomic E-state index is 0.130. The molecule has 0 radical (unpaired) electrons. The van der Waals surface area contributed by atoms with E-state index >= 15 is 0 Å². The highest BCUT2D eigenvalue weighted by atomic mass is 16.2. The van der Waals surface area contributed by atoms with Crippen molar-refractivity contribution in [2.75, 3.05) is 20.1 Å². The zero-order chi connectivity index (χ0) is 12.3. The van der Waals surface area contributed by atoms with E-state index in [0.29, 0.717) is 31.1 Å². The normalized spacial score (nSPS) is 19.9. The Hall–Kier alpha value is -1.43. The molecule has 0 aromatic rings. The van der Waals surface area contributed by atoms with E-state index in [0.717, 1.165) is 6.54 Å². The van der Waals surface area contributed by atoms with Crippen molar-refractivity contribution in [3.05, 3.63) is 0 Å². The van der Waals surface area contributed by atoms with Crippen LogP contribution in [0.1, 0.15) is 25.7 Å². The average molecular weight is 238 g/mol. The number of likely N-dealkylation sites (N-methyl/N-ethyl adjacent to an activating group) is 1. The van der Waals surface area contributed by atoms with Gasteiger partial charge in [0.1, 0.15) is 5.71 Å². The molecular formula is C11H18N4O2. The predicted octanol–water partition coefficient (Wildman–Crippen LogP) is -0.537. The molecule has 17 heavy (non-hydrogen) atoms. The van der Waals surface area contributed by atoms with Gasteiger partial charge in [-0.25, -0.2) is 5.43 Å². The molecule has 94 valence electrons. The lowest BCUT2D eigenvalue weighted by atomic mass is 10.1. The van der Waals surface area contributed by atoms with E-state index in [1.807, 2.05) is 0 Å². The molecule has 1 fully saturated rings. The second-order valence-corrected chi connectivity index (χ2v) is 4.56. The Morgan fingerprint density at radius 3 is 2.88 bits per heavy atom. The van der Waals surface area contributed by atoms with Crippen LogP contribution in [0.4, 0.5) is 0 Å². The largest absolute Gasteiger partial charge is 0.350 e. The molecule has 0 bridgehead atoms. The van der Waals surface area contributed by atoms with Gasteiger partial charge in [-0.1, -0.05) is 0 Å². The number of hydrazone groups is 1. The Morgan fingerprint density at radius 2 is 2.29 bits per heavy atom. The van der Waals surface area contributed by atoms with Gasteiger partial charge in [0, 0.05) is 32.0 Å². The van der Waals surface area contributed by atoms with Crippen molar-refractivity contribution in [1.82, 2.24) is 15.6 Å². The van der Waals surface area contributed by atoms with Crippen LogP contribution < -0.4 is 10.7 Å². The summed E-state index contributed by atoms with van der Waals surface area (Å²) in [6, 6.07) is 0.707. The van der Waals surface area contributed by atoms with Gasteiger partial charge in [0.25, 0.3) is 5.91 Å². The Kier molecular flexibility index (Phi) is 3.73. The van der Waals surface area contributed by atoms with Gasteiger partial charge in [-0.15, -0.1) is 0 Å². The van der Waals surface area contributed by atoms with Crippen LogP contribution in [-0.4, -0.2) is 48.6 Å². The second kappa shape index (κ2) is 5.27. The first-order valence-corrected chi connectivity index (χ1v) is 6.00. The summed E-state index contributed by atoms with van der Waals surface area (Å²) >= 11 is 0. The molecule has 0 spiro atoms.